The zero-order valence-electron chi connectivity index (χ0n) is 7.18. The molecule has 0 aromatic rings. The predicted octanol–water partition coefficient (Wildman–Crippen LogP) is 0.0270. The Morgan fingerprint density at radius 2 is 1.50 bits per heavy atom. The summed E-state index contributed by atoms with van der Waals surface area (Å²) in [5.74, 6) is -0.125. The summed E-state index contributed by atoms with van der Waals surface area (Å²) in [5, 5.41) is 9.32. The van der Waals surface area contributed by atoms with Crippen LogP contribution in [0.4, 0.5) is 0 Å². The number of hydrogen-bond acceptors (Lipinski definition) is 3. The first-order valence-electron chi connectivity index (χ1n) is 3.46. The van der Waals surface area contributed by atoms with Crippen LogP contribution in [0.3, 0.4) is 0 Å². The Bertz CT molecular complexity index is 95.8. The van der Waals surface area contributed by atoms with E-state index in [2.05, 4.69) is 0 Å². The maximum Gasteiger partial charge on any atom is 0.115 e. The zero-order chi connectivity index (χ0) is 8.58. The maximum absolute atomic E-state index is 9.32. The lowest BCUT2D eigenvalue weighted by molar-refractivity contribution is -0.0140. The molecular formula is C7H18N2O. The summed E-state index contributed by atoms with van der Waals surface area (Å²) < 4.78 is 0. The molecule has 0 aliphatic rings. The number of nitrogens with two attached hydrogens (primary N) is 2. The molecule has 10 heavy (non-hydrogen) atoms. The first-order valence-corrected chi connectivity index (χ1v) is 3.46. The smallest absolute Gasteiger partial charge is 0.115 e. The Labute approximate surface area is 62.4 Å². The summed E-state index contributed by atoms with van der Waals surface area (Å²) in [6, 6.07) is 0. The average Bonchev–Trinajstić information content (AvgIpc) is 1.59. The standard InChI is InChI=1S/C7H18N2O/c1-5(6(2,3)8)7(4,9)10/h5,10H,8-9H2,1-4H3. The molecule has 0 spiro atoms. The quantitative estimate of drug-likeness (QED) is 0.481. The monoisotopic (exact) mass is 146 g/mol. The van der Waals surface area contributed by atoms with E-state index in [0.717, 1.165) is 0 Å². The second-order valence-electron chi connectivity index (χ2n) is 3.77. The molecule has 0 aliphatic carbocycles. The van der Waals surface area contributed by atoms with Crippen molar-refractivity contribution in [2.24, 2.45) is 17.4 Å². The lowest BCUT2D eigenvalue weighted by Gasteiger charge is -2.35. The third-order valence-electron chi connectivity index (χ3n) is 1.99. The van der Waals surface area contributed by atoms with Crippen LogP contribution in [0.25, 0.3) is 0 Å². The van der Waals surface area contributed by atoms with Crippen LogP contribution in [-0.2, 0) is 0 Å². The van der Waals surface area contributed by atoms with Crippen LogP contribution in [0.5, 0.6) is 0 Å². The molecule has 5 N–H and O–H groups in total. The fraction of sp³-hybridized carbons (Fsp3) is 1.00. The van der Waals surface area contributed by atoms with Crippen LogP contribution in [-0.4, -0.2) is 16.4 Å². The largest absolute Gasteiger partial charge is 0.376 e. The molecule has 0 fully saturated rings. The summed E-state index contributed by atoms with van der Waals surface area (Å²) in [5.41, 5.74) is 9.55. The van der Waals surface area contributed by atoms with Crippen molar-refractivity contribution in [3.05, 3.63) is 0 Å². The highest BCUT2D eigenvalue weighted by Crippen LogP contribution is 2.21. The second kappa shape index (κ2) is 2.49. The number of hydrogen-bond donors (Lipinski definition) is 3. The van der Waals surface area contributed by atoms with Gasteiger partial charge in [-0.3, -0.25) is 0 Å². The molecule has 0 saturated carbocycles. The fourth-order valence-corrected chi connectivity index (χ4v) is 0.753. The van der Waals surface area contributed by atoms with E-state index in [1.807, 2.05) is 20.8 Å². The van der Waals surface area contributed by atoms with Gasteiger partial charge in [-0.05, 0) is 20.8 Å². The summed E-state index contributed by atoms with van der Waals surface area (Å²) >= 11 is 0. The van der Waals surface area contributed by atoms with E-state index in [1.165, 1.54) is 0 Å². The third kappa shape index (κ3) is 2.64. The SMILES string of the molecule is CC(C(C)(C)N)C(C)(N)O. The molecule has 0 aliphatic heterocycles. The Morgan fingerprint density at radius 3 is 1.50 bits per heavy atom. The molecule has 0 amide bonds. The van der Waals surface area contributed by atoms with E-state index >= 15 is 0 Å². The highest BCUT2D eigenvalue weighted by molar-refractivity contribution is 4.88. The Kier molecular flexibility index (Phi) is 2.46. The van der Waals surface area contributed by atoms with Gasteiger partial charge >= 0.3 is 0 Å². The Morgan fingerprint density at radius 1 is 1.20 bits per heavy atom. The van der Waals surface area contributed by atoms with E-state index in [9.17, 15) is 5.11 Å². The van der Waals surface area contributed by atoms with Gasteiger partial charge in [0.15, 0.2) is 0 Å². The summed E-state index contributed by atoms with van der Waals surface area (Å²) in [6.45, 7) is 7.09. The topological polar surface area (TPSA) is 72.3 Å². The van der Waals surface area contributed by atoms with Crippen LogP contribution >= 0.6 is 0 Å². The van der Waals surface area contributed by atoms with Crippen molar-refractivity contribution in [3.8, 4) is 0 Å². The molecule has 0 radical (unpaired) electrons. The first kappa shape index (κ1) is 9.88. The molecule has 3 nitrogen and oxygen atoms in total. The normalized spacial score (nSPS) is 21.9. The van der Waals surface area contributed by atoms with Crippen molar-refractivity contribution < 1.29 is 5.11 Å². The van der Waals surface area contributed by atoms with Crippen molar-refractivity contribution in [2.45, 2.75) is 39.0 Å². The van der Waals surface area contributed by atoms with Crippen molar-refractivity contribution in [1.29, 1.82) is 0 Å². The fourth-order valence-electron chi connectivity index (χ4n) is 0.753. The minimum Gasteiger partial charge on any atom is -0.376 e. The lowest BCUT2D eigenvalue weighted by atomic mass is 9.83. The van der Waals surface area contributed by atoms with E-state index in [4.69, 9.17) is 11.5 Å². The molecule has 3 heteroatoms. The van der Waals surface area contributed by atoms with Gasteiger partial charge in [-0.25, -0.2) is 0 Å². The molecule has 0 rings (SSSR count). The highest BCUT2D eigenvalue weighted by Gasteiger charge is 2.33. The molecule has 0 bridgehead atoms. The van der Waals surface area contributed by atoms with Crippen LogP contribution < -0.4 is 11.5 Å². The molecule has 2 atom stereocenters. The van der Waals surface area contributed by atoms with E-state index in [1.54, 1.807) is 6.92 Å². The molecule has 0 heterocycles. The van der Waals surface area contributed by atoms with E-state index in [0.29, 0.717) is 0 Å². The van der Waals surface area contributed by atoms with Crippen LogP contribution in [0.2, 0.25) is 0 Å². The van der Waals surface area contributed by atoms with Crippen LogP contribution in [0.1, 0.15) is 27.7 Å². The average molecular weight is 146 g/mol. The van der Waals surface area contributed by atoms with Gasteiger partial charge in [-0.15, -0.1) is 0 Å². The predicted molar refractivity (Wildman–Crippen MR) is 42.2 cm³/mol. The summed E-state index contributed by atoms with van der Waals surface area (Å²) in [6.07, 6.45) is 0. The summed E-state index contributed by atoms with van der Waals surface area (Å²) in [7, 11) is 0. The van der Waals surface area contributed by atoms with E-state index < -0.39 is 11.3 Å². The molecule has 0 saturated heterocycles. The van der Waals surface area contributed by atoms with Gasteiger partial charge < -0.3 is 16.6 Å². The van der Waals surface area contributed by atoms with Crippen LogP contribution in [0, 0.1) is 5.92 Å². The highest BCUT2D eigenvalue weighted by atomic mass is 16.3. The first-order chi connectivity index (χ1) is 4.15. The van der Waals surface area contributed by atoms with Gasteiger partial charge in [-0.2, -0.15) is 0 Å². The third-order valence-corrected chi connectivity index (χ3v) is 1.99. The molecule has 0 aromatic carbocycles. The molecule has 2 unspecified atom stereocenters. The zero-order valence-corrected chi connectivity index (χ0v) is 7.18. The van der Waals surface area contributed by atoms with E-state index in [-0.39, 0.29) is 5.92 Å². The number of rotatable bonds is 2. The molecule has 62 valence electrons. The van der Waals surface area contributed by atoms with Gasteiger partial charge in [0.25, 0.3) is 0 Å². The van der Waals surface area contributed by atoms with Gasteiger partial charge in [0.1, 0.15) is 5.72 Å². The molecular weight excluding hydrogens is 128 g/mol. The van der Waals surface area contributed by atoms with Crippen molar-refractivity contribution in [3.63, 3.8) is 0 Å². The van der Waals surface area contributed by atoms with Crippen molar-refractivity contribution in [2.75, 3.05) is 0 Å². The Hall–Kier alpha value is -0.120. The van der Waals surface area contributed by atoms with Crippen molar-refractivity contribution >= 4 is 0 Å². The van der Waals surface area contributed by atoms with Gasteiger partial charge in [0.2, 0.25) is 0 Å². The minimum atomic E-state index is -1.18. The van der Waals surface area contributed by atoms with Crippen LogP contribution in [0.15, 0.2) is 0 Å². The number of aliphatic hydroxyl groups is 1. The van der Waals surface area contributed by atoms with Gasteiger partial charge in [-0.1, -0.05) is 6.92 Å². The lowest BCUT2D eigenvalue weighted by Crippen LogP contribution is -2.55. The summed E-state index contributed by atoms with van der Waals surface area (Å²) in [4.78, 5) is 0. The maximum atomic E-state index is 9.32. The Balaban J connectivity index is 4.23. The second-order valence-corrected chi connectivity index (χ2v) is 3.77. The molecule has 0 aromatic heterocycles. The van der Waals surface area contributed by atoms with Crippen molar-refractivity contribution in [1.82, 2.24) is 0 Å². The van der Waals surface area contributed by atoms with Gasteiger partial charge in [0, 0.05) is 11.5 Å². The van der Waals surface area contributed by atoms with Gasteiger partial charge in [0.05, 0.1) is 0 Å². The minimum absolute atomic E-state index is 0.125.